The lowest BCUT2D eigenvalue weighted by molar-refractivity contribution is 0.777. The summed E-state index contributed by atoms with van der Waals surface area (Å²) in [5.41, 5.74) is 0. The first kappa shape index (κ1) is 13.3. The van der Waals surface area contributed by atoms with Crippen molar-refractivity contribution in [3.63, 3.8) is 0 Å². The van der Waals surface area contributed by atoms with Gasteiger partial charge in [0.1, 0.15) is 0 Å². The summed E-state index contributed by atoms with van der Waals surface area (Å²) in [6.07, 6.45) is 5.37. The highest BCUT2D eigenvalue weighted by atomic mass is 31.1. The molecule has 0 atom stereocenters. The van der Waals surface area contributed by atoms with E-state index in [1.165, 1.54) is 25.4 Å². The Balaban J connectivity index is 2.18. The average molecular weight is 257 g/mol. The normalized spacial score (nSPS) is 10.8. The predicted molar refractivity (Wildman–Crippen MR) is 84.9 cm³/mol. The molecule has 0 saturated heterocycles. The van der Waals surface area contributed by atoms with E-state index in [0.29, 0.717) is 0 Å². The van der Waals surface area contributed by atoms with E-state index < -0.39 is 7.92 Å². The van der Waals surface area contributed by atoms with Crippen molar-refractivity contribution in [3.05, 3.63) is 60.7 Å². The highest BCUT2D eigenvalue weighted by Crippen LogP contribution is 2.34. The minimum Gasteiger partial charge on any atom is -0.0654 e. The van der Waals surface area contributed by atoms with Gasteiger partial charge in [-0.1, -0.05) is 56.2 Å². The molecule has 0 aliphatic heterocycles. The maximum Gasteiger partial charge on any atom is 0.0966 e. The van der Waals surface area contributed by atoms with Gasteiger partial charge < -0.3 is 0 Å². The van der Waals surface area contributed by atoms with Gasteiger partial charge in [0.25, 0.3) is 0 Å². The van der Waals surface area contributed by atoms with Crippen LogP contribution in [0.5, 0.6) is 0 Å². The van der Waals surface area contributed by atoms with Gasteiger partial charge in [-0.05, 0) is 30.7 Å². The van der Waals surface area contributed by atoms with E-state index in [4.69, 9.17) is 0 Å². The van der Waals surface area contributed by atoms with Crippen molar-refractivity contribution in [2.45, 2.75) is 26.2 Å². The zero-order valence-electron chi connectivity index (χ0n) is 11.1. The van der Waals surface area contributed by atoms with Gasteiger partial charge in [-0.2, -0.15) is 0 Å². The molecule has 94 valence electrons. The molecule has 18 heavy (non-hydrogen) atoms. The Bertz CT molecular complexity index is 396. The molecule has 0 aromatic heterocycles. The van der Waals surface area contributed by atoms with Gasteiger partial charge in [-0.15, -0.1) is 0 Å². The Hall–Kier alpha value is -1.13. The van der Waals surface area contributed by atoms with Crippen LogP contribution in [0.4, 0.5) is 0 Å². The fourth-order valence-electron chi connectivity index (χ4n) is 2.29. The fraction of sp³-hybridized carbons (Fsp3) is 0.294. The molecule has 2 aromatic rings. The van der Waals surface area contributed by atoms with Crippen LogP contribution in [0, 0.1) is 0 Å². The van der Waals surface area contributed by atoms with Crippen LogP contribution in [0.1, 0.15) is 26.2 Å². The molecule has 0 radical (unpaired) electrons. The van der Waals surface area contributed by atoms with E-state index in [2.05, 4.69) is 67.6 Å². The summed E-state index contributed by atoms with van der Waals surface area (Å²) in [6, 6.07) is 22.1. The first-order valence-electron chi connectivity index (χ1n) is 6.88. The molecule has 0 aliphatic carbocycles. The van der Waals surface area contributed by atoms with Crippen LogP contribution in [0.25, 0.3) is 0 Å². The second-order valence-corrected chi connectivity index (χ2v) is 7.28. The van der Waals surface area contributed by atoms with Crippen LogP contribution in [-0.4, -0.2) is 6.16 Å². The van der Waals surface area contributed by atoms with Crippen LogP contribution in [0.2, 0.25) is 0 Å². The molecule has 0 saturated carbocycles. The van der Waals surface area contributed by atoms with E-state index in [1.807, 2.05) is 0 Å². The Morgan fingerprint density at radius 1 is 0.722 bits per heavy atom. The third-order valence-electron chi connectivity index (χ3n) is 3.27. The van der Waals surface area contributed by atoms with Crippen molar-refractivity contribution in [2.24, 2.45) is 0 Å². The summed E-state index contributed by atoms with van der Waals surface area (Å²) in [5, 5.41) is 3.09. The molecule has 0 unspecified atom stereocenters. The predicted octanol–water partition coefficient (Wildman–Crippen LogP) is 4.04. The Labute approximate surface area is 112 Å². The van der Waals surface area contributed by atoms with Crippen molar-refractivity contribution < 1.29 is 0 Å². The van der Waals surface area contributed by atoms with Crippen molar-refractivity contribution in [3.8, 4) is 0 Å². The van der Waals surface area contributed by atoms with Crippen LogP contribution in [-0.2, 0) is 0 Å². The summed E-state index contributed by atoms with van der Waals surface area (Å²) < 4.78 is 0. The first-order chi connectivity index (χ1) is 8.92. The Morgan fingerprint density at radius 2 is 1.22 bits per heavy atom. The fourth-order valence-corrected chi connectivity index (χ4v) is 4.99. The molecule has 0 heterocycles. The minimum atomic E-state index is -0.572. The van der Waals surface area contributed by atoms with Crippen LogP contribution in [0.15, 0.2) is 60.7 Å². The monoisotopic (exact) mass is 257 g/mol. The van der Waals surface area contributed by atoms with Gasteiger partial charge in [0, 0.05) is 0 Å². The second kappa shape index (κ2) is 7.34. The smallest absolute Gasteiger partial charge is 0.0654 e. The van der Waals surface area contributed by atoms with E-state index in [1.54, 1.807) is 10.6 Å². The van der Waals surface area contributed by atoms with Crippen LogP contribution >= 0.6 is 7.92 Å². The molecule has 0 bridgehead atoms. The molecular weight excluding hydrogens is 235 g/mol. The van der Waals surface area contributed by atoms with E-state index in [9.17, 15) is 0 Å². The summed E-state index contributed by atoms with van der Waals surface area (Å²) >= 11 is 0. The zero-order chi connectivity index (χ0) is 12.6. The molecule has 0 fully saturated rings. The molecule has 0 N–H and O–H groups in total. The summed E-state index contributed by atoms with van der Waals surface area (Å²) in [5.74, 6) is 0. The maximum absolute atomic E-state index is 2.30. The first-order valence-corrected chi connectivity index (χ1v) is 8.59. The SMILES string of the molecule is CCCCC[PH+](c1ccccc1)c1ccccc1. The lowest BCUT2D eigenvalue weighted by Gasteiger charge is -2.10. The van der Waals surface area contributed by atoms with E-state index in [0.717, 1.165) is 0 Å². The van der Waals surface area contributed by atoms with Gasteiger partial charge in [0.15, 0.2) is 0 Å². The number of hydrogen-bond donors (Lipinski definition) is 0. The molecule has 0 nitrogen and oxygen atoms in total. The van der Waals surface area contributed by atoms with Crippen molar-refractivity contribution in [1.82, 2.24) is 0 Å². The average Bonchev–Trinajstić information content (AvgIpc) is 2.46. The quantitative estimate of drug-likeness (QED) is 0.541. The number of rotatable bonds is 6. The third kappa shape index (κ3) is 3.68. The van der Waals surface area contributed by atoms with Crippen molar-refractivity contribution >= 4 is 18.5 Å². The molecule has 1 heteroatoms. The highest BCUT2D eigenvalue weighted by Gasteiger charge is 2.20. The topological polar surface area (TPSA) is 0 Å². The molecule has 2 rings (SSSR count). The molecule has 0 amide bonds. The van der Waals surface area contributed by atoms with Crippen molar-refractivity contribution in [1.29, 1.82) is 0 Å². The van der Waals surface area contributed by atoms with Crippen molar-refractivity contribution in [2.75, 3.05) is 6.16 Å². The number of unbranched alkanes of at least 4 members (excludes halogenated alkanes) is 2. The Morgan fingerprint density at radius 3 is 1.67 bits per heavy atom. The highest BCUT2D eigenvalue weighted by molar-refractivity contribution is 7.73. The second-order valence-electron chi connectivity index (χ2n) is 4.67. The van der Waals surface area contributed by atoms with Crippen LogP contribution < -0.4 is 10.6 Å². The zero-order valence-corrected chi connectivity index (χ0v) is 12.1. The number of benzene rings is 2. The van der Waals surface area contributed by atoms with Crippen LogP contribution in [0.3, 0.4) is 0 Å². The van der Waals surface area contributed by atoms with Gasteiger partial charge in [0.05, 0.1) is 24.7 Å². The molecule has 0 spiro atoms. The maximum atomic E-state index is 2.30. The summed E-state index contributed by atoms with van der Waals surface area (Å²) in [4.78, 5) is 0. The standard InChI is InChI=1S/C17H21P/c1-2-3-10-15-18(16-11-6-4-7-12-16)17-13-8-5-9-14-17/h4-9,11-14H,2-3,10,15H2,1H3/p+1. The minimum absolute atomic E-state index is 0.572. The van der Waals surface area contributed by atoms with Gasteiger partial charge in [-0.3, -0.25) is 0 Å². The van der Waals surface area contributed by atoms with E-state index in [-0.39, 0.29) is 0 Å². The molecule has 0 aliphatic rings. The lowest BCUT2D eigenvalue weighted by Crippen LogP contribution is -2.13. The van der Waals surface area contributed by atoms with E-state index >= 15 is 0 Å². The molecular formula is C17H22P+. The third-order valence-corrected chi connectivity index (χ3v) is 6.19. The summed E-state index contributed by atoms with van der Waals surface area (Å²) in [7, 11) is -0.572. The van der Waals surface area contributed by atoms with Gasteiger partial charge >= 0.3 is 0 Å². The largest absolute Gasteiger partial charge is 0.0966 e. The summed E-state index contributed by atoms with van der Waals surface area (Å²) in [6.45, 7) is 2.28. The van der Waals surface area contributed by atoms with Gasteiger partial charge in [-0.25, -0.2) is 0 Å². The van der Waals surface area contributed by atoms with Gasteiger partial charge in [0.2, 0.25) is 0 Å². The number of hydrogen-bond acceptors (Lipinski definition) is 0. The lowest BCUT2D eigenvalue weighted by atomic mass is 10.3. The molecule has 2 aromatic carbocycles. The Kier molecular flexibility index (Phi) is 5.42.